The van der Waals surface area contributed by atoms with Gasteiger partial charge in [-0.25, -0.2) is 4.98 Å². The van der Waals surface area contributed by atoms with E-state index in [0.29, 0.717) is 12.1 Å². The van der Waals surface area contributed by atoms with Crippen LogP contribution in [0.2, 0.25) is 0 Å². The first-order valence-corrected chi connectivity index (χ1v) is 5.83. The number of hydrogen-bond acceptors (Lipinski definition) is 3. The first-order valence-electron chi connectivity index (χ1n) is 5.83. The number of aromatic nitrogens is 2. The molecule has 0 saturated carbocycles. The van der Waals surface area contributed by atoms with Gasteiger partial charge in [-0.1, -0.05) is 0 Å². The minimum absolute atomic E-state index is 0.304. The van der Waals surface area contributed by atoms with Crippen molar-refractivity contribution < 1.29 is 4.74 Å². The van der Waals surface area contributed by atoms with E-state index in [2.05, 4.69) is 21.8 Å². The number of hydrogen-bond donors (Lipinski definition) is 1. The summed E-state index contributed by atoms with van der Waals surface area (Å²) in [6, 6.07) is 0.492. The highest BCUT2D eigenvalue weighted by atomic mass is 16.5. The molecule has 16 heavy (non-hydrogen) atoms. The molecule has 2 unspecified atom stereocenters. The summed E-state index contributed by atoms with van der Waals surface area (Å²) in [5.74, 6) is 1.14. The summed E-state index contributed by atoms with van der Waals surface area (Å²) < 4.78 is 7.36. The van der Waals surface area contributed by atoms with Gasteiger partial charge in [-0.2, -0.15) is 0 Å². The summed E-state index contributed by atoms with van der Waals surface area (Å²) in [5.41, 5.74) is 0. The van der Waals surface area contributed by atoms with Crippen LogP contribution in [-0.4, -0.2) is 35.9 Å². The lowest BCUT2D eigenvalue weighted by Gasteiger charge is -2.19. The van der Waals surface area contributed by atoms with Gasteiger partial charge in [0.1, 0.15) is 5.82 Å². The molecule has 4 heteroatoms. The Morgan fingerprint density at radius 1 is 1.56 bits per heavy atom. The van der Waals surface area contributed by atoms with Crippen molar-refractivity contribution >= 4 is 0 Å². The SMILES string of the molecule is CNC(CCc1nccn1C)CC(C)OC. The van der Waals surface area contributed by atoms with E-state index >= 15 is 0 Å². The minimum atomic E-state index is 0.304. The molecule has 1 heterocycles. The maximum Gasteiger partial charge on any atom is 0.108 e. The molecular formula is C12H23N3O. The first-order chi connectivity index (χ1) is 7.67. The molecule has 92 valence electrons. The molecule has 0 saturated heterocycles. The molecule has 0 bridgehead atoms. The summed E-state index contributed by atoms with van der Waals surface area (Å²) in [6.07, 6.45) is 7.28. The smallest absolute Gasteiger partial charge is 0.108 e. The molecule has 1 N–H and O–H groups in total. The van der Waals surface area contributed by atoms with Crippen molar-refractivity contribution in [3.63, 3.8) is 0 Å². The van der Waals surface area contributed by atoms with E-state index in [4.69, 9.17) is 4.74 Å². The van der Waals surface area contributed by atoms with Crippen molar-refractivity contribution in [1.82, 2.24) is 14.9 Å². The Morgan fingerprint density at radius 3 is 2.81 bits per heavy atom. The average Bonchev–Trinajstić information content (AvgIpc) is 2.69. The Balaban J connectivity index is 2.37. The number of aryl methyl sites for hydroxylation is 2. The quantitative estimate of drug-likeness (QED) is 0.761. The van der Waals surface area contributed by atoms with E-state index in [1.807, 2.05) is 26.5 Å². The van der Waals surface area contributed by atoms with Crippen molar-refractivity contribution in [3.05, 3.63) is 18.2 Å². The first kappa shape index (κ1) is 13.2. The van der Waals surface area contributed by atoms with E-state index in [1.165, 1.54) is 0 Å². The molecular weight excluding hydrogens is 202 g/mol. The van der Waals surface area contributed by atoms with Gasteiger partial charge in [0.15, 0.2) is 0 Å². The lowest BCUT2D eigenvalue weighted by Crippen LogP contribution is -2.30. The van der Waals surface area contributed by atoms with Gasteiger partial charge in [0.05, 0.1) is 6.10 Å². The number of methoxy groups -OCH3 is 1. The summed E-state index contributed by atoms with van der Waals surface area (Å²) in [7, 11) is 5.80. The summed E-state index contributed by atoms with van der Waals surface area (Å²) in [4.78, 5) is 4.33. The number of imidazole rings is 1. The molecule has 0 aliphatic heterocycles. The third-order valence-electron chi connectivity index (χ3n) is 3.06. The van der Waals surface area contributed by atoms with Crippen molar-refractivity contribution in [1.29, 1.82) is 0 Å². The molecule has 0 aromatic carbocycles. The zero-order valence-electron chi connectivity index (χ0n) is 10.7. The average molecular weight is 225 g/mol. The molecule has 0 fully saturated rings. The predicted octanol–water partition coefficient (Wildman–Crippen LogP) is 1.37. The molecule has 1 aromatic heterocycles. The summed E-state index contributed by atoms with van der Waals surface area (Å²) >= 11 is 0. The number of ether oxygens (including phenoxy) is 1. The second-order valence-corrected chi connectivity index (χ2v) is 4.26. The van der Waals surface area contributed by atoms with Gasteiger partial charge in [0.2, 0.25) is 0 Å². The summed E-state index contributed by atoms with van der Waals surface area (Å²) in [5, 5.41) is 3.33. The van der Waals surface area contributed by atoms with Crippen molar-refractivity contribution in [2.24, 2.45) is 7.05 Å². The Bertz CT molecular complexity index is 298. The van der Waals surface area contributed by atoms with Crippen molar-refractivity contribution in [3.8, 4) is 0 Å². The topological polar surface area (TPSA) is 39.1 Å². The number of nitrogens with one attached hydrogen (secondary N) is 1. The van der Waals surface area contributed by atoms with Gasteiger partial charge in [-0.15, -0.1) is 0 Å². The fraction of sp³-hybridized carbons (Fsp3) is 0.750. The van der Waals surface area contributed by atoms with Crippen LogP contribution in [0.3, 0.4) is 0 Å². The Labute approximate surface area is 98.0 Å². The zero-order valence-corrected chi connectivity index (χ0v) is 10.7. The van der Waals surface area contributed by atoms with E-state index in [0.717, 1.165) is 25.1 Å². The van der Waals surface area contributed by atoms with Crippen LogP contribution in [0, 0.1) is 0 Å². The molecule has 0 amide bonds. The van der Waals surface area contributed by atoms with Crippen LogP contribution in [0.4, 0.5) is 0 Å². The molecule has 4 nitrogen and oxygen atoms in total. The van der Waals surface area contributed by atoms with Crippen molar-refractivity contribution in [2.75, 3.05) is 14.2 Å². The van der Waals surface area contributed by atoms with Crippen LogP contribution in [0.15, 0.2) is 12.4 Å². The van der Waals surface area contributed by atoms with Gasteiger partial charge in [-0.05, 0) is 26.8 Å². The largest absolute Gasteiger partial charge is 0.382 e. The molecule has 0 aliphatic carbocycles. The van der Waals surface area contributed by atoms with E-state index in [1.54, 1.807) is 7.11 Å². The van der Waals surface area contributed by atoms with Crippen LogP contribution in [0.5, 0.6) is 0 Å². The maximum absolute atomic E-state index is 5.28. The van der Waals surface area contributed by atoms with Gasteiger partial charge in [0, 0.05) is 39.0 Å². The highest BCUT2D eigenvalue weighted by molar-refractivity contribution is 4.92. The van der Waals surface area contributed by atoms with Crippen LogP contribution in [0.1, 0.15) is 25.6 Å². The van der Waals surface area contributed by atoms with E-state index in [9.17, 15) is 0 Å². The lowest BCUT2D eigenvalue weighted by molar-refractivity contribution is 0.100. The number of rotatable bonds is 7. The third kappa shape index (κ3) is 3.94. The molecule has 1 rings (SSSR count). The van der Waals surface area contributed by atoms with Gasteiger partial charge in [0.25, 0.3) is 0 Å². The standard InChI is InChI=1S/C12H23N3O/c1-10(16-4)9-11(13-2)5-6-12-14-7-8-15(12)3/h7-8,10-11,13H,5-6,9H2,1-4H3. The van der Waals surface area contributed by atoms with Gasteiger partial charge in [-0.3, -0.25) is 0 Å². The predicted molar refractivity (Wildman–Crippen MR) is 65.5 cm³/mol. The molecule has 0 radical (unpaired) electrons. The lowest BCUT2D eigenvalue weighted by atomic mass is 10.0. The fourth-order valence-electron chi connectivity index (χ4n) is 1.82. The molecule has 0 spiro atoms. The second kappa shape index (κ2) is 6.66. The van der Waals surface area contributed by atoms with E-state index < -0.39 is 0 Å². The monoisotopic (exact) mass is 225 g/mol. The Kier molecular flexibility index (Phi) is 5.49. The third-order valence-corrected chi connectivity index (χ3v) is 3.06. The van der Waals surface area contributed by atoms with E-state index in [-0.39, 0.29) is 0 Å². The maximum atomic E-state index is 5.28. The number of nitrogens with zero attached hydrogens (tertiary/aromatic N) is 2. The highest BCUT2D eigenvalue weighted by Crippen LogP contribution is 2.08. The van der Waals surface area contributed by atoms with Crippen LogP contribution >= 0.6 is 0 Å². The second-order valence-electron chi connectivity index (χ2n) is 4.26. The molecule has 0 aliphatic rings. The summed E-state index contributed by atoms with van der Waals surface area (Å²) in [6.45, 7) is 2.10. The molecule has 2 atom stereocenters. The van der Waals surface area contributed by atoms with Crippen LogP contribution in [-0.2, 0) is 18.2 Å². The van der Waals surface area contributed by atoms with Gasteiger partial charge >= 0.3 is 0 Å². The highest BCUT2D eigenvalue weighted by Gasteiger charge is 2.12. The Morgan fingerprint density at radius 2 is 2.31 bits per heavy atom. The van der Waals surface area contributed by atoms with Crippen molar-refractivity contribution in [2.45, 2.75) is 38.3 Å². The van der Waals surface area contributed by atoms with Gasteiger partial charge < -0.3 is 14.6 Å². The molecule has 1 aromatic rings. The zero-order chi connectivity index (χ0) is 12.0. The Hall–Kier alpha value is -0.870. The normalized spacial score (nSPS) is 15.0. The van der Waals surface area contributed by atoms with Crippen LogP contribution < -0.4 is 5.32 Å². The minimum Gasteiger partial charge on any atom is -0.382 e. The fourth-order valence-corrected chi connectivity index (χ4v) is 1.82. The van der Waals surface area contributed by atoms with Crippen LogP contribution in [0.25, 0.3) is 0 Å².